The molecule has 5 heteroatoms. The minimum atomic E-state index is -1.55. The Kier molecular flexibility index (Phi) is 7.82. The van der Waals surface area contributed by atoms with E-state index in [1.54, 1.807) is 0 Å². The number of nitrogens with zero attached hydrogens (tertiary/aromatic N) is 2. The number of benzene rings is 1. The van der Waals surface area contributed by atoms with Crippen LogP contribution < -0.4 is 0 Å². The molecule has 1 aromatic heterocycles. The number of likely N-dealkylation sites (N-methyl/N-ethyl adjacent to an activating group) is 1. The van der Waals surface area contributed by atoms with Crippen molar-refractivity contribution in [2.24, 2.45) is 5.92 Å². The lowest BCUT2D eigenvalue weighted by Gasteiger charge is -2.39. The summed E-state index contributed by atoms with van der Waals surface area (Å²) >= 11 is 0. The maximum Gasteiger partial charge on any atom is 0.343 e. The molecule has 2 fully saturated rings. The van der Waals surface area contributed by atoms with Crippen LogP contribution in [0.15, 0.2) is 54.7 Å². The summed E-state index contributed by atoms with van der Waals surface area (Å²) in [6, 6.07) is 15.8. The fourth-order valence-corrected chi connectivity index (χ4v) is 5.92. The number of aromatic nitrogens is 1. The summed E-state index contributed by atoms with van der Waals surface area (Å²) in [5.41, 5.74) is 0.246. The SMILES string of the molecule is C[N@+]1(CCCc2ccccn2)CCCC1COC(=O)C(O)(c1ccccc1)C1CCCCC1. The van der Waals surface area contributed by atoms with Crippen LogP contribution in [-0.4, -0.2) is 53.3 Å². The van der Waals surface area contributed by atoms with Gasteiger partial charge >= 0.3 is 5.97 Å². The molecule has 3 atom stereocenters. The predicted octanol–water partition coefficient (Wildman–Crippen LogP) is 4.63. The highest BCUT2D eigenvalue weighted by Crippen LogP contribution is 2.40. The monoisotopic (exact) mass is 451 g/mol. The Hall–Kier alpha value is -2.24. The van der Waals surface area contributed by atoms with Crippen LogP contribution in [-0.2, 0) is 21.6 Å². The number of likely N-dealkylation sites (tertiary alicyclic amines) is 1. The lowest BCUT2D eigenvalue weighted by molar-refractivity contribution is -0.921. The molecule has 2 aromatic rings. The van der Waals surface area contributed by atoms with Crippen molar-refractivity contribution in [3.05, 3.63) is 66.0 Å². The largest absolute Gasteiger partial charge is 0.457 e. The molecule has 1 saturated heterocycles. The topological polar surface area (TPSA) is 59.4 Å². The molecule has 0 bridgehead atoms. The first kappa shape index (κ1) is 23.9. The third kappa shape index (κ3) is 5.47. The molecular formula is C28H39N2O3+. The van der Waals surface area contributed by atoms with E-state index in [1.165, 1.54) is 6.42 Å². The van der Waals surface area contributed by atoms with Crippen molar-refractivity contribution < 1.29 is 19.1 Å². The summed E-state index contributed by atoms with van der Waals surface area (Å²) in [6.45, 7) is 2.53. The Morgan fingerprint density at radius 3 is 2.55 bits per heavy atom. The number of quaternary nitrogens is 1. The minimum absolute atomic E-state index is 0.0797. The lowest BCUT2D eigenvalue weighted by Crippen LogP contribution is -2.52. The normalized spacial score (nSPS) is 25.5. The fourth-order valence-electron chi connectivity index (χ4n) is 5.92. The van der Waals surface area contributed by atoms with Crippen LogP contribution in [0.3, 0.4) is 0 Å². The van der Waals surface area contributed by atoms with Crippen LogP contribution in [0.4, 0.5) is 0 Å². The standard InChI is InChI=1S/C28H39N2O3/c1-30(20-10-17-25-16-8-9-19-29-25)21-11-18-26(30)22-33-27(31)28(32,23-12-4-2-5-13-23)24-14-6-3-7-15-24/h2,4-5,8-9,12-13,16,19,24,26,32H,3,6-7,10-11,14-15,17-18,20-22H2,1H3/q+1/t26?,28?,30-/m0/s1. The van der Waals surface area contributed by atoms with Gasteiger partial charge in [0, 0.05) is 37.1 Å². The first-order valence-corrected chi connectivity index (χ1v) is 12.7. The number of carbonyl (C=O) groups is 1. The van der Waals surface area contributed by atoms with Crippen LogP contribution in [0.1, 0.15) is 62.6 Å². The van der Waals surface area contributed by atoms with Crippen molar-refractivity contribution in [3.63, 3.8) is 0 Å². The maximum absolute atomic E-state index is 13.4. The quantitative estimate of drug-likeness (QED) is 0.446. The molecule has 5 nitrogen and oxygen atoms in total. The highest BCUT2D eigenvalue weighted by atomic mass is 16.6. The van der Waals surface area contributed by atoms with Crippen LogP contribution >= 0.6 is 0 Å². The van der Waals surface area contributed by atoms with Crippen LogP contribution in [0, 0.1) is 5.92 Å². The molecule has 1 aliphatic carbocycles. The first-order valence-electron chi connectivity index (χ1n) is 12.7. The van der Waals surface area contributed by atoms with Gasteiger partial charge in [-0.2, -0.15) is 0 Å². The molecule has 2 aliphatic rings. The van der Waals surface area contributed by atoms with E-state index >= 15 is 0 Å². The first-order chi connectivity index (χ1) is 16.0. The third-order valence-electron chi connectivity index (χ3n) is 8.04. The lowest BCUT2D eigenvalue weighted by atomic mass is 9.73. The van der Waals surface area contributed by atoms with E-state index in [-0.39, 0.29) is 12.0 Å². The van der Waals surface area contributed by atoms with E-state index in [0.29, 0.717) is 12.2 Å². The molecule has 33 heavy (non-hydrogen) atoms. The summed E-state index contributed by atoms with van der Waals surface area (Å²) in [5.74, 6) is -0.545. The van der Waals surface area contributed by atoms with E-state index in [1.807, 2.05) is 48.7 Å². The summed E-state index contributed by atoms with van der Waals surface area (Å²) in [5, 5.41) is 11.8. The summed E-state index contributed by atoms with van der Waals surface area (Å²) in [4.78, 5) is 17.9. The van der Waals surface area contributed by atoms with Gasteiger partial charge in [0.1, 0.15) is 12.6 Å². The predicted molar refractivity (Wildman–Crippen MR) is 129 cm³/mol. The average molecular weight is 452 g/mol. The molecule has 1 aliphatic heterocycles. The molecule has 2 unspecified atom stereocenters. The number of rotatable bonds is 9. The van der Waals surface area contributed by atoms with Gasteiger partial charge in [-0.05, 0) is 37.0 Å². The Labute approximate surface area is 198 Å². The van der Waals surface area contributed by atoms with Crippen molar-refractivity contribution in [1.82, 2.24) is 4.98 Å². The molecule has 0 spiro atoms. The Morgan fingerprint density at radius 2 is 1.82 bits per heavy atom. The molecule has 1 N–H and O–H groups in total. The van der Waals surface area contributed by atoms with Crippen LogP contribution in [0.2, 0.25) is 0 Å². The molecule has 178 valence electrons. The maximum atomic E-state index is 13.4. The molecule has 1 aromatic carbocycles. The van der Waals surface area contributed by atoms with Gasteiger partial charge in [0.25, 0.3) is 0 Å². The van der Waals surface area contributed by atoms with E-state index < -0.39 is 11.6 Å². The summed E-state index contributed by atoms with van der Waals surface area (Å²) in [7, 11) is 2.29. The van der Waals surface area contributed by atoms with Gasteiger partial charge in [-0.15, -0.1) is 0 Å². The molecule has 0 radical (unpaired) electrons. The van der Waals surface area contributed by atoms with E-state index in [0.717, 1.165) is 74.6 Å². The Bertz CT molecular complexity index is 885. The van der Waals surface area contributed by atoms with Crippen molar-refractivity contribution in [2.75, 3.05) is 26.7 Å². The summed E-state index contributed by atoms with van der Waals surface area (Å²) < 4.78 is 6.87. The molecule has 4 rings (SSSR count). The van der Waals surface area contributed by atoms with Gasteiger partial charge in [-0.1, -0.05) is 55.7 Å². The highest BCUT2D eigenvalue weighted by Gasteiger charge is 2.48. The fraction of sp³-hybridized carbons (Fsp3) is 0.571. The zero-order chi connectivity index (χ0) is 23.2. The van der Waals surface area contributed by atoms with Crippen molar-refractivity contribution in [1.29, 1.82) is 0 Å². The number of esters is 1. The number of hydrogen-bond donors (Lipinski definition) is 1. The van der Waals surface area contributed by atoms with Crippen molar-refractivity contribution in [2.45, 2.75) is 69.4 Å². The number of aryl methyl sites for hydroxylation is 1. The second kappa shape index (κ2) is 10.8. The average Bonchev–Trinajstić information content (AvgIpc) is 3.23. The Balaban J connectivity index is 1.39. The molecule has 0 amide bonds. The molecule has 1 saturated carbocycles. The smallest absolute Gasteiger partial charge is 0.343 e. The van der Waals surface area contributed by atoms with Gasteiger partial charge in [0.2, 0.25) is 0 Å². The molecular weight excluding hydrogens is 412 g/mol. The zero-order valence-corrected chi connectivity index (χ0v) is 20.0. The van der Waals surface area contributed by atoms with Gasteiger partial charge in [0.05, 0.1) is 20.1 Å². The van der Waals surface area contributed by atoms with E-state index in [4.69, 9.17) is 4.74 Å². The van der Waals surface area contributed by atoms with E-state index in [2.05, 4.69) is 18.1 Å². The van der Waals surface area contributed by atoms with Gasteiger partial charge < -0.3 is 14.3 Å². The Morgan fingerprint density at radius 1 is 1.06 bits per heavy atom. The zero-order valence-electron chi connectivity index (χ0n) is 20.0. The van der Waals surface area contributed by atoms with Gasteiger partial charge in [0.15, 0.2) is 5.60 Å². The second-order valence-corrected chi connectivity index (χ2v) is 10.2. The number of pyridine rings is 1. The number of carbonyl (C=O) groups excluding carboxylic acids is 1. The van der Waals surface area contributed by atoms with E-state index in [9.17, 15) is 9.90 Å². The highest BCUT2D eigenvalue weighted by molar-refractivity contribution is 5.81. The van der Waals surface area contributed by atoms with Gasteiger partial charge in [-0.25, -0.2) is 4.79 Å². The summed E-state index contributed by atoms with van der Waals surface area (Å²) in [6.07, 6.45) is 11.1. The number of ether oxygens (including phenoxy) is 1. The third-order valence-corrected chi connectivity index (χ3v) is 8.04. The number of aliphatic hydroxyl groups is 1. The van der Waals surface area contributed by atoms with Crippen molar-refractivity contribution in [3.8, 4) is 0 Å². The molecule has 2 heterocycles. The van der Waals surface area contributed by atoms with Crippen LogP contribution in [0.5, 0.6) is 0 Å². The van der Waals surface area contributed by atoms with Gasteiger partial charge in [-0.3, -0.25) is 4.98 Å². The second-order valence-electron chi connectivity index (χ2n) is 10.2. The van der Waals surface area contributed by atoms with Crippen molar-refractivity contribution >= 4 is 5.97 Å². The number of hydrogen-bond acceptors (Lipinski definition) is 4. The van der Waals surface area contributed by atoms with Crippen LogP contribution in [0.25, 0.3) is 0 Å². The minimum Gasteiger partial charge on any atom is -0.457 e.